The third-order valence-electron chi connectivity index (χ3n) is 2.74. The average Bonchev–Trinajstić information content (AvgIpc) is 2.86. The summed E-state index contributed by atoms with van der Waals surface area (Å²) in [6, 6.07) is 4.93. The van der Waals surface area contributed by atoms with Crippen molar-refractivity contribution >= 4 is 33.2 Å². The molecule has 20 heavy (non-hydrogen) atoms. The van der Waals surface area contributed by atoms with Gasteiger partial charge in [0.05, 0.1) is 17.2 Å². The van der Waals surface area contributed by atoms with E-state index in [1.807, 2.05) is 12.3 Å². The van der Waals surface area contributed by atoms with Crippen LogP contribution in [0.4, 0.5) is 5.69 Å². The third-order valence-corrected chi connectivity index (χ3v) is 3.92. The molecule has 0 aliphatic rings. The molecule has 8 heteroatoms. The van der Waals surface area contributed by atoms with E-state index in [4.69, 9.17) is 11.6 Å². The first-order valence-electron chi connectivity index (χ1n) is 5.98. The van der Waals surface area contributed by atoms with Crippen LogP contribution in [0.15, 0.2) is 28.9 Å². The molecule has 0 spiro atoms. The molecule has 1 aromatic carbocycles. The highest BCUT2D eigenvalue weighted by Gasteiger charge is 2.15. The van der Waals surface area contributed by atoms with Crippen LogP contribution in [0.2, 0.25) is 0 Å². The van der Waals surface area contributed by atoms with Gasteiger partial charge in [0.1, 0.15) is 4.47 Å². The van der Waals surface area contributed by atoms with E-state index >= 15 is 0 Å². The molecule has 2 aromatic rings. The topological polar surface area (TPSA) is 73.8 Å². The number of aryl methyl sites for hydroxylation is 1. The summed E-state index contributed by atoms with van der Waals surface area (Å²) >= 11 is 8.90. The SMILES string of the molecule is O=[N+]([O-])c1cccc(Cn2cc(CCCCl)nn2)c1Br. The van der Waals surface area contributed by atoms with Crippen molar-refractivity contribution in [3.8, 4) is 0 Å². The molecular formula is C12H12BrClN4O2. The lowest BCUT2D eigenvalue weighted by atomic mass is 10.2. The van der Waals surface area contributed by atoms with E-state index in [0.717, 1.165) is 24.1 Å². The number of nitro groups is 1. The molecule has 0 bridgehead atoms. The lowest BCUT2D eigenvalue weighted by Gasteiger charge is -2.04. The number of rotatable bonds is 6. The Morgan fingerprint density at radius 3 is 2.95 bits per heavy atom. The normalized spacial score (nSPS) is 10.7. The van der Waals surface area contributed by atoms with E-state index in [1.54, 1.807) is 10.7 Å². The van der Waals surface area contributed by atoms with Gasteiger partial charge >= 0.3 is 0 Å². The zero-order valence-electron chi connectivity index (χ0n) is 10.5. The van der Waals surface area contributed by atoms with Crippen molar-refractivity contribution in [2.45, 2.75) is 19.4 Å². The zero-order chi connectivity index (χ0) is 14.5. The molecule has 0 aliphatic heterocycles. The molecule has 1 aromatic heterocycles. The van der Waals surface area contributed by atoms with E-state index < -0.39 is 4.92 Å². The van der Waals surface area contributed by atoms with Crippen LogP contribution in [0.5, 0.6) is 0 Å². The summed E-state index contributed by atoms with van der Waals surface area (Å²) in [5, 5.41) is 18.9. The predicted molar refractivity (Wildman–Crippen MR) is 79.0 cm³/mol. The minimum atomic E-state index is -0.416. The minimum absolute atomic E-state index is 0.0463. The van der Waals surface area contributed by atoms with Crippen molar-refractivity contribution in [2.24, 2.45) is 0 Å². The number of halogens is 2. The van der Waals surface area contributed by atoms with Crippen LogP contribution < -0.4 is 0 Å². The average molecular weight is 360 g/mol. The first-order chi connectivity index (χ1) is 9.61. The van der Waals surface area contributed by atoms with Gasteiger partial charge in [-0.3, -0.25) is 10.1 Å². The Labute approximate surface area is 129 Å². The fraction of sp³-hybridized carbons (Fsp3) is 0.333. The van der Waals surface area contributed by atoms with Gasteiger partial charge in [-0.15, -0.1) is 16.7 Å². The Kier molecular flexibility index (Phi) is 5.08. The lowest BCUT2D eigenvalue weighted by Crippen LogP contribution is -2.02. The van der Waals surface area contributed by atoms with Crippen LogP contribution in [-0.4, -0.2) is 25.8 Å². The molecule has 0 N–H and O–H groups in total. The van der Waals surface area contributed by atoms with Gasteiger partial charge in [-0.25, -0.2) is 4.68 Å². The summed E-state index contributed by atoms with van der Waals surface area (Å²) in [4.78, 5) is 10.5. The highest BCUT2D eigenvalue weighted by atomic mass is 79.9. The van der Waals surface area contributed by atoms with Crippen molar-refractivity contribution < 1.29 is 4.92 Å². The van der Waals surface area contributed by atoms with Crippen molar-refractivity contribution in [3.05, 3.63) is 50.2 Å². The summed E-state index contributed by atoms with van der Waals surface area (Å²) in [5.41, 5.74) is 1.70. The monoisotopic (exact) mass is 358 g/mol. The second-order valence-corrected chi connectivity index (χ2v) is 5.38. The second-order valence-electron chi connectivity index (χ2n) is 4.21. The molecular weight excluding hydrogens is 348 g/mol. The van der Waals surface area contributed by atoms with E-state index in [9.17, 15) is 10.1 Å². The highest BCUT2D eigenvalue weighted by molar-refractivity contribution is 9.10. The van der Waals surface area contributed by atoms with E-state index in [0.29, 0.717) is 16.9 Å². The number of hydrogen-bond donors (Lipinski definition) is 0. The molecule has 1 heterocycles. The summed E-state index contributed by atoms with van der Waals surface area (Å²) in [7, 11) is 0. The Bertz CT molecular complexity index is 617. The van der Waals surface area contributed by atoms with Gasteiger partial charge in [0.25, 0.3) is 5.69 Å². The Balaban J connectivity index is 2.16. The maximum Gasteiger partial charge on any atom is 0.283 e. The standard InChI is InChI=1S/C12H12BrClN4O2/c13-12-9(3-1-5-11(12)18(19)20)7-17-8-10(15-16-17)4-2-6-14/h1,3,5,8H,2,4,6-7H2. The van der Waals surface area contributed by atoms with E-state index in [-0.39, 0.29) is 5.69 Å². The van der Waals surface area contributed by atoms with Gasteiger partial charge in [-0.05, 0) is 34.3 Å². The Morgan fingerprint density at radius 1 is 1.45 bits per heavy atom. The largest absolute Gasteiger partial charge is 0.283 e. The summed E-state index contributed by atoms with van der Waals surface area (Å²) in [6.45, 7) is 0.427. The lowest BCUT2D eigenvalue weighted by molar-refractivity contribution is -0.385. The fourth-order valence-electron chi connectivity index (χ4n) is 1.78. The number of hydrogen-bond acceptors (Lipinski definition) is 4. The van der Waals surface area contributed by atoms with Gasteiger partial charge in [0.15, 0.2) is 0 Å². The predicted octanol–water partition coefficient (Wildman–Crippen LogP) is 3.17. The molecule has 0 aliphatic carbocycles. The number of benzene rings is 1. The first kappa shape index (κ1) is 14.9. The van der Waals surface area contributed by atoms with Crippen LogP contribution >= 0.6 is 27.5 Å². The molecule has 0 fully saturated rings. The van der Waals surface area contributed by atoms with Gasteiger partial charge in [0, 0.05) is 18.1 Å². The molecule has 0 saturated heterocycles. The fourth-order valence-corrected chi connectivity index (χ4v) is 2.45. The molecule has 0 amide bonds. The van der Waals surface area contributed by atoms with E-state index in [1.165, 1.54) is 6.07 Å². The van der Waals surface area contributed by atoms with Crippen LogP contribution in [0.25, 0.3) is 0 Å². The van der Waals surface area contributed by atoms with Crippen LogP contribution in [0.3, 0.4) is 0 Å². The summed E-state index contributed by atoms with van der Waals surface area (Å²) in [6.07, 6.45) is 3.46. The zero-order valence-corrected chi connectivity index (χ0v) is 12.8. The molecule has 0 atom stereocenters. The maximum absolute atomic E-state index is 10.9. The Morgan fingerprint density at radius 2 is 2.25 bits per heavy atom. The maximum atomic E-state index is 10.9. The molecule has 0 radical (unpaired) electrons. The minimum Gasteiger partial charge on any atom is -0.258 e. The highest BCUT2D eigenvalue weighted by Crippen LogP contribution is 2.28. The van der Waals surface area contributed by atoms with Crippen molar-refractivity contribution in [2.75, 3.05) is 5.88 Å². The van der Waals surface area contributed by atoms with Crippen LogP contribution in [0.1, 0.15) is 17.7 Å². The first-order valence-corrected chi connectivity index (χ1v) is 7.31. The van der Waals surface area contributed by atoms with Gasteiger partial charge in [0.2, 0.25) is 0 Å². The second kappa shape index (κ2) is 6.81. The summed E-state index contributed by atoms with van der Waals surface area (Å²) in [5.74, 6) is 0.587. The molecule has 6 nitrogen and oxygen atoms in total. The molecule has 0 unspecified atom stereocenters. The van der Waals surface area contributed by atoms with Crippen molar-refractivity contribution in [1.82, 2.24) is 15.0 Å². The quantitative estimate of drug-likeness (QED) is 0.451. The van der Waals surface area contributed by atoms with Gasteiger partial charge < -0.3 is 0 Å². The van der Waals surface area contributed by atoms with Gasteiger partial charge in [-0.2, -0.15) is 0 Å². The third kappa shape index (κ3) is 3.55. The smallest absolute Gasteiger partial charge is 0.258 e. The van der Waals surface area contributed by atoms with Crippen LogP contribution in [-0.2, 0) is 13.0 Å². The van der Waals surface area contributed by atoms with E-state index in [2.05, 4.69) is 26.2 Å². The number of nitrogens with zero attached hydrogens (tertiary/aromatic N) is 4. The van der Waals surface area contributed by atoms with Crippen molar-refractivity contribution in [3.63, 3.8) is 0 Å². The summed E-state index contributed by atoms with van der Waals surface area (Å²) < 4.78 is 2.13. The van der Waals surface area contributed by atoms with Gasteiger partial charge in [-0.1, -0.05) is 17.3 Å². The number of nitro benzene ring substituents is 1. The number of alkyl halides is 1. The molecule has 106 valence electrons. The molecule has 2 rings (SSSR count). The number of aromatic nitrogens is 3. The molecule has 0 saturated carbocycles. The van der Waals surface area contributed by atoms with Crippen molar-refractivity contribution in [1.29, 1.82) is 0 Å². The van der Waals surface area contributed by atoms with Crippen LogP contribution in [0, 0.1) is 10.1 Å². The Hall–Kier alpha value is -1.47.